The van der Waals surface area contributed by atoms with Crippen LogP contribution in [0.1, 0.15) is 67.2 Å². The molecular formula is C24H29NO4S. The van der Waals surface area contributed by atoms with Gasteiger partial charge in [-0.15, -0.1) is 11.3 Å². The van der Waals surface area contributed by atoms with E-state index in [1.807, 2.05) is 26.0 Å². The van der Waals surface area contributed by atoms with E-state index in [0.717, 1.165) is 42.4 Å². The Labute approximate surface area is 182 Å². The third-order valence-corrected chi connectivity index (χ3v) is 6.97. The molecule has 1 amide bonds. The highest BCUT2D eigenvalue weighted by Gasteiger charge is 2.33. The normalized spacial score (nSPS) is 18.8. The fraction of sp³-hybridized carbons (Fsp3) is 0.458. The van der Waals surface area contributed by atoms with Crippen molar-refractivity contribution < 1.29 is 19.1 Å². The first-order chi connectivity index (χ1) is 14.3. The fourth-order valence-corrected chi connectivity index (χ4v) is 5.27. The number of anilines is 1. The number of methoxy groups -OCH3 is 1. The van der Waals surface area contributed by atoms with Gasteiger partial charge < -0.3 is 9.64 Å². The summed E-state index contributed by atoms with van der Waals surface area (Å²) in [6.07, 6.45) is 4.70. The van der Waals surface area contributed by atoms with Crippen LogP contribution in [0.25, 0.3) is 10.4 Å². The molecular weight excluding hydrogens is 398 g/mol. The first-order valence-corrected chi connectivity index (χ1v) is 11.3. The molecule has 0 N–H and O–H groups in total. The molecule has 160 valence electrons. The van der Waals surface area contributed by atoms with Gasteiger partial charge in [0.1, 0.15) is 11.3 Å². The van der Waals surface area contributed by atoms with Crippen molar-refractivity contribution in [3.8, 4) is 10.4 Å². The number of carbonyl (C=O) groups excluding carboxylic acids is 3. The predicted molar refractivity (Wildman–Crippen MR) is 120 cm³/mol. The lowest BCUT2D eigenvalue weighted by atomic mass is 9.82. The number of thiophene rings is 1. The van der Waals surface area contributed by atoms with E-state index in [0.29, 0.717) is 22.0 Å². The highest BCUT2D eigenvalue weighted by Crippen LogP contribution is 2.41. The summed E-state index contributed by atoms with van der Waals surface area (Å²) in [5.41, 5.74) is 1.89. The van der Waals surface area contributed by atoms with Gasteiger partial charge in [0.05, 0.1) is 12.7 Å². The van der Waals surface area contributed by atoms with Crippen LogP contribution in [-0.2, 0) is 9.53 Å². The van der Waals surface area contributed by atoms with Crippen LogP contribution in [0.15, 0.2) is 30.3 Å². The van der Waals surface area contributed by atoms with Crippen LogP contribution in [0.5, 0.6) is 0 Å². The summed E-state index contributed by atoms with van der Waals surface area (Å²) in [6, 6.07) is 8.90. The van der Waals surface area contributed by atoms with E-state index in [9.17, 15) is 14.4 Å². The molecule has 1 saturated carbocycles. The smallest absolute Gasteiger partial charge is 0.340 e. The van der Waals surface area contributed by atoms with E-state index >= 15 is 0 Å². The molecule has 0 unspecified atom stereocenters. The molecule has 0 atom stereocenters. The van der Waals surface area contributed by atoms with Crippen LogP contribution in [0.4, 0.5) is 5.00 Å². The standard InChI is InChI=1S/C24H29NO4S/c1-15(2)25(22(27)19-9-5-16(3)6-10-19)23-20(24(28)29-4)13-21(30-23)18-11-7-17(14-26)8-12-18/h7-8,11-16,19H,5-6,9-10H2,1-4H3. The molecule has 0 spiro atoms. The number of esters is 1. The average Bonchev–Trinajstić information content (AvgIpc) is 3.18. The Hall–Kier alpha value is -2.47. The third-order valence-electron chi connectivity index (χ3n) is 5.79. The minimum atomic E-state index is -0.451. The van der Waals surface area contributed by atoms with Crippen molar-refractivity contribution in [2.75, 3.05) is 12.0 Å². The Morgan fingerprint density at radius 3 is 2.30 bits per heavy atom. The highest BCUT2D eigenvalue weighted by molar-refractivity contribution is 7.20. The van der Waals surface area contributed by atoms with Crippen molar-refractivity contribution in [1.29, 1.82) is 0 Å². The number of nitrogens with zero attached hydrogens (tertiary/aromatic N) is 1. The minimum absolute atomic E-state index is 0.00785. The van der Waals surface area contributed by atoms with Crippen molar-refractivity contribution in [2.24, 2.45) is 11.8 Å². The van der Waals surface area contributed by atoms with E-state index in [-0.39, 0.29) is 17.9 Å². The van der Waals surface area contributed by atoms with Gasteiger partial charge >= 0.3 is 5.97 Å². The maximum Gasteiger partial charge on any atom is 0.340 e. The highest BCUT2D eigenvalue weighted by atomic mass is 32.1. The van der Waals surface area contributed by atoms with E-state index in [1.165, 1.54) is 18.4 Å². The van der Waals surface area contributed by atoms with Crippen LogP contribution in [0.3, 0.4) is 0 Å². The summed E-state index contributed by atoms with van der Waals surface area (Å²) in [6.45, 7) is 6.18. The molecule has 6 heteroatoms. The lowest BCUT2D eigenvalue weighted by Crippen LogP contribution is -2.42. The molecule has 2 aromatic rings. The molecule has 1 aromatic heterocycles. The van der Waals surface area contributed by atoms with Gasteiger partial charge in [-0.2, -0.15) is 0 Å². The molecule has 1 aliphatic carbocycles. The molecule has 0 aliphatic heterocycles. The Morgan fingerprint density at radius 2 is 1.77 bits per heavy atom. The second-order valence-corrected chi connectivity index (χ2v) is 9.35. The van der Waals surface area contributed by atoms with Crippen LogP contribution < -0.4 is 4.90 Å². The molecule has 5 nitrogen and oxygen atoms in total. The first-order valence-electron chi connectivity index (χ1n) is 10.5. The second-order valence-electron chi connectivity index (χ2n) is 8.32. The number of benzene rings is 1. The zero-order valence-electron chi connectivity index (χ0n) is 18.0. The summed E-state index contributed by atoms with van der Waals surface area (Å²) in [4.78, 5) is 39.6. The van der Waals surface area contributed by atoms with Crippen molar-refractivity contribution in [1.82, 2.24) is 0 Å². The van der Waals surface area contributed by atoms with E-state index in [2.05, 4.69) is 6.92 Å². The monoisotopic (exact) mass is 427 g/mol. The topological polar surface area (TPSA) is 63.7 Å². The third kappa shape index (κ3) is 4.64. The Kier molecular flexibility index (Phi) is 7.08. The zero-order valence-corrected chi connectivity index (χ0v) is 18.8. The number of rotatable bonds is 6. The van der Waals surface area contributed by atoms with Crippen molar-refractivity contribution in [3.05, 3.63) is 41.5 Å². The Balaban J connectivity index is 2.01. The molecule has 0 radical (unpaired) electrons. The van der Waals surface area contributed by atoms with Gasteiger partial charge in [-0.05, 0) is 57.1 Å². The van der Waals surface area contributed by atoms with Crippen LogP contribution in [-0.4, -0.2) is 31.3 Å². The summed E-state index contributed by atoms with van der Waals surface area (Å²) in [7, 11) is 1.35. The largest absolute Gasteiger partial charge is 0.465 e. The maximum atomic E-state index is 13.5. The zero-order chi connectivity index (χ0) is 21.8. The molecule has 0 saturated heterocycles. The molecule has 1 aromatic carbocycles. The lowest BCUT2D eigenvalue weighted by Gasteiger charge is -2.33. The molecule has 1 aliphatic rings. The van der Waals surface area contributed by atoms with Crippen LogP contribution >= 0.6 is 11.3 Å². The van der Waals surface area contributed by atoms with Gasteiger partial charge in [-0.1, -0.05) is 31.2 Å². The number of amides is 1. The summed E-state index contributed by atoms with van der Waals surface area (Å²) in [5.74, 6) is 0.292. The second kappa shape index (κ2) is 9.56. The van der Waals surface area contributed by atoms with Crippen molar-refractivity contribution in [3.63, 3.8) is 0 Å². The summed E-state index contributed by atoms with van der Waals surface area (Å²) < 4.78 is 5.02. The van der Waals surface area contributed by atoms with Gasteiger partial charge in [0.25, 0.3) is 0 Å². The molecule has 3 rings (SSSR count). The number of hydrogen-bond acceptors (Lipinski definition) is 5. The quantitative estimate of drug-likeness (QED) is 0.446. The van der Waals surface area contributed by atoms with Crippen LogP contribution in [0.2, 0.25) is 0 Å². The average molecular weight is 428 g/mol. The molecule has 0 bridgehead atoms. The SMILES string of the molecule is COC(=O)c1cc(-c2ccc(C=O)cc2)sc1N(C(=O)C1CCC(C)CC1)C(C)C. The lowest BCUT2D eigenvalue weighted by molar-refractivity contribution is -0.123. The van der Waals surface area contributed by atoms with E-state index < -0.39 is 5.97 Å². The molecule has 30 heavy (non-hydrogen) atoms. The number of ether oxygens (including phenoxy) is 1. The molecule has 1 heterocycles. The van der Waals surface area contributed by atoms with Gasteiger partial charge in [0, 0.05) is 22.4 Å². The van der Waals surface area contributed by atoms with Gasteiger partial charge in [-0.3, -0.25) is 9.59 Å². The minimum Gasteiger partial charge on any atom is -0.465 e. The fourth-order valence-electron chi connectivity index (χ4n) is 3.98. The number of hydrogen-bond donors (Lipinski definition) is 0. The number of carbonyl (C=O) groups is 3. The molecule has 1 fully saturated rings. The van der Waals surface area contributed by atoms with E-state index in [1.54, 1.807) is 23.1 Å². The van der Waals surface area contributed by atoms with Crippen molar-refractivity contribution >= 4 is 34.5 Å². The summed E-state index contributed by atoms with van der Waals surface area (Å²) >= 11 is 1.41. The number of aldehydes is 1. The first kappa shape index (κ1) is 22.2. The van der Waals surface area contributed by atoms with Crippen molar-refractivity contribution in [2.45, 2.75) is 52.5 Å². The van der Waals surface area contributed by atoms with E-state index in [4.69, 9.17) is 4.74 Å². The van der Waals surface area contributed by atoms with Gasteiger partial charge in [0.2, 0.25) is 5.91 Å². The Bertz CT molecular complexity index is 908. The Morgan fingerprint density at radius 1 is 1.13 bits per heavy atom. The maximum absolute atomic E-state index is 13.5. The van der Waals surface area contributed by atoms with Gasteiger partial charge in [-0.25, -0.2) is 4.79 Å². The summed E-state index contributed by atoms with van der Waals surface area (Å²) in [5, 5.41) is 0.634. The van der Waals surface area contributed by atoms with Crippen LogP contribution in [0, 0.1) is 11.8 Å². The van der Waals surface area contributed by atoms with Gasteiger partial charge in [0.15, 0.2) is 0 Å². The predicted octanol–water partition coefficient (Wildman–Crippen LogP) is 5.58.